The van der Waals surface area contributed by atoms with Gasteiger partial charge in [0.2, 0.25) is 0 Å². The van der Waals surface area contributed by atoms with Crippen molar-refractivity contribution < 1.29 is 14.3 Å². The lowest BCUT2D eigenvalue weighted by Crippen LogP contribution is -2.34. The molecule has 16 heavy (non-hydrogen) atoms. The summed E-state index contributed by atoms with van der Waals surface area (Å²) in [5, 5.41) is 0. The molecule has 0 unspecified atom stereocenters. The molecule has 0 bridgehead atoms. The van der Waals surface area contributed by atoms with Gasteiger partial charge in [-0.15, -0.1) is 0 Å². The van der Waals surface area contributed by atoms with E-state index in [9.17, 15) is 4.79 Å². The Balaban J connectivity index is 3.08. The number of rotatable bonds is 5. The van der Waals surface area contributed by atoms with Gasteiger partial charge in [0.15, 0.2) is 5.78 Å². The van der Waals surface area contributed by atoms with E-state index in [1.165, 1.54) is 7.11 Å². The molecule has 0 amide bonds. The summed E-state index contributed by atoms with van der Waals surface area (Å²) in [5.74, 6) is 0.541. The second-order valence-corrected chi connectivity index (χ2v) is 3.97. The third-order valence-corrected chi connectivity index (χ3v) is 2.49. The molecule has 0 aliphatic rings. The van der Waals surface area contributed by atoms with Crippen LogP contribution >= 0.6 is 0 Å². The minimum Gasteiger partial charge on any atom is -0.493 e. The first-order chi connectivity index (χ1) is 7.53. The molecule has 3 heteroatoms. The smallest absolute Gasteiger partial charge is 0.197 e. The first-order valence-electron chi connectivity index (χ1n) is 5.34. The number of para-hydroxylation sites is 1. The van der Waals surface area contributed by atoms with Crippen LogP contribution in [0.3, 0.4) is 0 Å². The lowest BCUT2D eigenvalue weighted by molar-refractivity contribution is 0.0225. The molecule has 1 aromatic rings. The SMILES string of the molecule is CCOc1ccccc1C(=O)C(C)(C)OC. The van der Waals surface area contributed by atoms with E-state index in [0.29, 0.717) is 17.9 Å². The summed E-state index contributed by atoms with van der Waals surface area (Å²) >= 11 is 0. The standard InChI is InChI=1S/C13H18O3/c1-5-16-11-9-7-6-8-10(11)12(14)13(2,3)15-4/h6-9H,5H2,1-4H3. The van der Waals surface area contributed by atoms with Crippen LogP contribution in [0, 0.1) is 0 Å². The van der Waals surface area contributed by atoms with E-state index in [-0.39, 0.29) is 5.78 Å². The number of methoxy groups -OCH3 is 1. The molecule has 0 N–H and O–H groups in total. The molecular formula is C13H18O3. The monoisotopic (exact) mass is 222 g/mol. The highest BCUT2D eigenvalue weighted by atomic mass is 16.5. The average molecular weight is 222 g/mol. The Morgan fingerprint density at radius 1 is 1.31 bits per heavy atom. The maximum atomic E-state index is 12.2. The Morgan fingerprint density at radius 2 is 1.94 bits per heavy atom. The largest absolute Gasteiger partial charge is 0.493 e. The normalized spacial score (nSPS) is 11.2. The summed E-state index contributed by atoms with van der Waals surface area (Å²) in [6, 6.07) is 7.22. The highest BCUT2D eigenvalue weighted by Gasteiger charge is 2.30. The second-order valence-electron chi connectivity index (χ2n) is 3.97. The first kappa shape index (κ1) is 12.7. The van der Waals surface area contributed by atoms with Crippen LogP contribution in [0.25, 0.3) is 0 Å². The number of ether oxygens (including phenoxy) is 2. The molecule has 0 spiro atoms. The zero-order chi connectivity index (χ0) is 12.2. The molecule has 1 aromatic carbocycles. The number of carbonyl (C=O) groups excluding carboxylic acids is 1. The molecule has 0 heterocycles. The Labute approximate surface area is 96.4 Å². The van der Waals surface area contributed by atoms with Crippen LogP contribution in [0.1, 0.15) is 31.1 Å². The van der Waals surface area contributed by atoms with Crippen LogP contribution in [0.15, 0.2) is 24.3 Å². The predicted molar refractivity (Wildman–Crippen MR) is 63.0 cm³/mol. The summed E-state index contributed by atoms with van der Waals surface area (Å²) in [6.45, 7) is 5.93. The van der Waals surface area contributed by atoms with Crippen molar-refractivity contribution in [2.24, 2.45) is 0 Å². The van der Waals surface area contributed by atoms with Crippen molar-refractivity contribution in [2.45, 2.75) is 26.4 Å². The second kappa shape index (κ2) is 5.12. The third-order valence-electron chi connectivity index (χ3n) is 2.49. The van der Waals surface area contributed by atoms with Gasteiger partial charge in [0.05, 0.1) is 12.2 Å². The van der Waals surface area contributed by atoms with Crippen LogP contribution in [-0.2, 0) is 4.74 Å². The van der Waals surface area contributed by atoms with Gasteiger partial charge in [-0.3, -0.25) is 4.79 Å². The lowest BCUT2D eigenvalue weighted by atomic mass is 9.96. The quantitative estimate of drug-likeness (QED) is 0.718. The molecule has 3 nitrogen and oxygen atoms in total. The topological polar surface area (TPSA) is 35.5 Å². The van der Waals surface area contributed by atoms with Crippen molar-refractivity contribution in [1.82, 2.24) is 0 Å². The zero-order valence-corrected chi connectivity index (χ0v) is 10.2. The molecule has 0 saturated carbocycles. The Hall–Kier alpha value is -1.35. The van der Waals surface area contributed by atoms with Crippen molar-refractivity contribution in [3.8, 4) is 5.75 Å². The summed E-state index contributed by atoms with van der Waals surface area (Å²) in [7, 11) is 1.53. The fourth-order valence-electron chi connectivity index (χ4n) is 1.35. The Bertz CT molecular complexity index is 369. The van der Waals surface area contributed by atoms with Gasteiger partial charge in [-0.1, -0.05) is 12.1 Å². The average Bonchev–Trinajstić information content (AvgIpc) is 2.29. The predicted octanol–water partition coefficient (Wildman–Crippen LogP) is 2.69. The summed E-state index contributed by atoms with van der Waals surface area (Å²) in [5.41, 5.74) is -0.260. The van der Waals surface area contributed by atoms with Gasteiger partial charge in [-0.25, -0.2) is 0 Å². The van der Waals surface area contributed by atoms with Crippen LogP contribution in [0.5, 0.6) is 5.75 Å². The van der Waals surface area contributed by atoms with Crippen molar-refractivity contribution in [2.75, 3.05) is 13.7 Å². The summed E-state index contributed by atoms with van der Waals surface area (Å²) in [6.07, 6.45) is 0. The van der Waals surface area contributed by atoms with Crippen molar-refractivity contribution in [1.29, 1.82) is 0 Å². The number of hydrogen-bond donors (Lipinski definition) is 0. The minimum atomic E-state index is -0.826. The van der Waals surface area contributed by atoms with Crippen LogP contribution < -0.4 is 4.74 Å². The van der Waals surface area contributed by atoms with E-state index >= 15 is 0 Å². The highest BCUT2D eigenvalue weighted by molar-refractivity contribution is 6.04. The Kier molecular flexibility index (Phi) is 4.07. The van der Waals surface area contributed by atoms with E-state index in [1.54, 1.807) is 26.0 Å². The van der Waals surface area contributed by atoms with Gasteiger partial charge in [-0.05, 0) is 32.9 Å². The molecule has 0 aliphatic carbocycles. The molecule has 0 aliphatic heterocycles. The van der Waals surface area contributed by atoms with Gasteiger partial charge in [0.25, 0.3) is 0 Å². The number of benzene rings is 1. The van der Waals surface area contributed by atoms with Crippen molar-refractivity contribution in [3.05, 3.63) is 29.8 Å². The number of carbonyl (C=O) groups is 1. The van der Waals surface area contributed by atoms with Crippen LogP contribution in [0.4, 0.5) is 0 Å². The minimum absolute atomic E-state index is 0.0703. The maximum absolute atomic E-state index is 12.2. The molecule has 0 atom stereocenters. The van der Waals surface area contributed by atoms with Gasteiger partial charge in [0.1, 0.15) is 11.4 Å². The van der Waals surface area contributed by atoms with Gasteiger partial charge >= 0.3 is 0 Å². The van der Waals surface area contributed by atoms with E-state index in [0.717, 1.165) is 0 Å². The van der Waals surface area contributed by atoms with Crippen molar-refractivity contribution in [3.63, 3.8) is 0 Å². The van der Waals surface area contributed by atoms with Crippen LogP contribution in [-0.4, -0.2) is 25.1 Å². The molecule has 0 radical (unpaired) electrons. The lowest BCUT2D eigenvalue weighted by Gasteiger charge is -2.22. The van der Waals surface area contributed by atoms with E-state index < -0.39 is 5.60 Å². The van der Waals surface area contributed by atoms with E-state index in [2.05, 4.69) is 0 Å². The van der Waals surface area contributed by atoms with E-state index in [4.69, 9.17) is 9.47 Å². The molecule has 0 saturated heterocycles. The fourth-order valence-corrected chi connectivity index (χ4v) is 1.35. The number of Topliss-reactive ketones (excluding diaryl/α,β-unsaturated/α-hetero) is 1. The summed E-state index contributed by atoms with van der Waals surface area (Å²) in [4.78, 5) is 12.2. The van der Waals surface area contributed by atoms with Crippen molar-refractivity contribution >= 4 is 5.78 Å². The molecule has 1 rings (SSSR count). The number of ketones is 1. The first-order valence-corrected chi connectivity index (χ1v) is 5.34. The highest BCUT2D eigenvalue weighted by Crippen LogP contribution is 2.24. The number of hydrogen-bond acceptors (Lipinski definition) is 3. The molecule has 0 fully saturated rings. The molecular weight excluding hydrogens is 204 g/mol. The zero-order valence-electron chi connectivity index (χ0n) is 10.2. The fraction of sp³-hybridized carbons (Fsp3) is 0.462. The van der Waals surface area contributed by atoms with Gasteiger partial charge < -0.3 is 9.47 Å². The maximum Gasteiger partial charge on any atom is 0.197 e. The summed E-state index contributed by atoms with van der Waals surface area (Å²) < 4.78 is 10.6. The van der Waals surface area contributed by atoms with Gasteiger partial charge in [-0.2, -0.15) is 0 Å². The van der Waals surface area contributed by atoms with Gasteiger partial charge in [0, 0.05) is 7.11 Å². The Morgan fingerprint density at radius 3 is 2.50 bits per heavy atom. The third kappa shape index (κ3) is 2.61. The molecule has 88 valence electrons. The van der Waals surface area contributed by atoms with Crippen LogP contribution in [0.2, 0.25) is 0 Å². The molecule has 0 aromatic heterocycles. The van der Waals surface area contributed by atoms with E-state index in [1.807, 2.05) is 19.1 Å².